The van der Waals surface area contributed by atoms with Gasteiger partial charge in [-0.3, -0.25) is 9.78 Å². The molecule has 3 aromatic carbocycles. The largest absolute Gasteiger partial charge is 0.495 e. The van der Waals surface area contributed by atoms with Crippen LogP contribution in [0.5, 0.6) is 5.75 Å². The molecule has 0 saturated heterocycles. The summed E-state index contributed by atoms with van der Waals surface area (Å²) in [5.74, 6) is -0.486. The number of carbonyl (C=O) groups excluding carboxylic acids is 2. The predicted molar refractivity (Wildman–Crippen MR) is 147 cm³/mol. The van der Waals surface area contributed by atoms with Crippen molar-refractivity contribution in [2.24, 2.45) is 0 Å². The first-order valence-electron chi connectivity index (χ1n) is 12.9. The maximum absolute atomic E-state index is 13.5. The number of esters is 1. The quantitative estimate of drug-likeness (QED) is 0.272. The fraction of sp³-hybridized carbons (Fsp3) is 0.258. The number of hydrogen-bond acceptors (Lipinski definition) is 6. The Balaban J connectivity index is 1.29. The molecule has 0 fully saturated rings. The molecule has 5 aromatic rings. The second kappa shape index (κ2) is 9.49. The Morgan fingerprint density at radius 1 is 0.974 bits per heavy atom. The lowest BCUT2D eigenvalue weighted by atomic mass is 9.89. The van der Waals surface area contributed by atoms with Gasteiger partial charge in [-0.25, -0.2) is 4.79 Å². The summed E-state index contributed by atoms with van der Waals surface area (Å²) in [6.45, 7) is 3.55. The number of methoxy groups -OCH3 is 1. The summed E-state index contributed by atoms with van der Waals surface area (Å²) in [5, 5.41) is 5.46. The number of pyridine rings is 1. The fourth-order valence-electron chi connectivity index (χ4n) is 5.30. The average molecular weight is 509 g/mol. The highest BCUT2D eigenvalue weighted by atomic mass is 16.5. The average Bonchev–Trinajstić information content (AvgIpc) is 3.28. The molecule has 7 nitrogen and oxygen atoms in total. The first kappa shape index (κ1) is 24.0. The lowest BCUT2D eigenvalue weighted by Crippen LogP contribution is -2.30. The molecule has 7 heteroatoms. The van der Waals surface area contributed by atoms with Crippen molar-refractivity contribution in [2.45, 2.75) is 45.6 Å². The van der Waals surface area contributed by atoms with Gasteiger partial charge in [0.05, 0.1) is 23.9 Å². The number of anilines is 1. The molecular formula is C31H28N2O5. The Kier molecular flexibility index (Phi) is 5.98. The van der Waals surface area contributed by atoms with Crippen molar-refractivity contribution >= 4 is 50.4 Å². The molecule has 1 atom stereocenters. The minimum absolute atomic E-state index is 0.439. The van der Waals surface area contributed by atoms with Crippen LogP contribution >= 0.6 is 0 Å². The highest BCUT2D eigenvalue weighted by molar-refractivity contribution is 6.09. The number of aromatic nitrogens is 1. The molecule has 1 N–H and O–H groups in total. The van der Waals surface area contributed by atoms with Crippen LogP contribution in [0.25, 0.3) is 32.8 Å². The molecule has 2 aromatic heterocycles. The van der Waals surface area contributed by atoms with E-state index in [2.05, 4.69) is 5.32 Å². The maximum atomic E-state index is 13.5. The number of aryl methyl sites for hydroxylation is 2. The molecule has 6 rings (SSSR count). The van der Waals surface area contributed by atoms with Crippen molar-refractivity contribution in [2.75, 3.05) is 12.4 Å². The smallest absolute Gasteiger partial charge is 0.339 e. The van der Waals surface area contributed by atoms with Crippen LogP contribution in [0.4, 0.5) is 5.69 Å². The van der Waals surface area contributed by atoms with Crippen molar-refractivity contribution in [3.8, 4) is 5.75 Å². The van der Waals surface area contributed by atoms with Gasteiger partial charge in [0.15, 0.2) is 6.10 Å². The van der Waals surface area contributed by atoms with Crippen molar-refractivity contribution in [3.63, 3.8) is 0 Å². The molecule has 0 bridgehead atoms. The van der Waals surface area contributed by atoms with E-state index in [0.29, 0.717) is 22.6 Å². The van der Waals surface area contributed by atoms with Gasteiger partial charge in [0.1, 0.15) is 16.9 Å². The van der Waals surface area contributed by atoms with Crippen molar-refractivity contribution < 1.29 is 23.5 Å². The van der Waals surface area contributed by atoms with Gasteiger partial charge >= 0.3 is 5.97 Å². The highest BCUT2D eigenvalue weighted by Gasteiger charge is 2.27. The lowest BCUT2D eigenvalue weighted by molar-refractivity contribution is -0.123. The minimum Gasteiger partial charge on any atom is -0.495 e. The fourth-order valence-corrected chi connectivity index (χ4v) is 5.30. The van der Waals surface area contributed by atoms with Gasteiger partial charge in [-0.1, -0.05) is 29.8 Å². The molecule has 192 valence electrons. The zero-order chi connectivity index (χ0) is 26.4. The van der Waals surface area contributed by atoms with Crippen LogP contribution in [0.3, 0.4) is 0 Å². The van der Waals surface area contributed by atoms with Crippen LogP contribution in [0.15, 0.2) is 59.0 Å². The van der Waals surface area contributed by atoms with Gasteiger partial charge in [-0.05, 0) is 69.4 Å². The van der Waals surface area contributed by atoms with Crippen LogP contribution in [0.2, 0.25) is 0 Å². The van der Waals surface area contributed by atoms with E-state index in [9.17, 15) is 9.59 Å². The first-order chi connectivity index (χ1) is 18.4. The van der Waals surface area contributed by atoms with Crippen molar-refractivity contribution in [1.29, 1.82) is 0 Å². The number of benzene rings is 3. The number of amides is 1. The number of hydrogen-bond donors (Lipinski definition) is 1. The van der Waals surface area contributed by atoms with Crippen LogP contribution < -0.4 is 10.1 Å². The van der Waals surface area contributed by atoms with Crippen LogP contribution in [-0.2, 0) is 22.4 Å². The molecule has 0 saturated carbocycles. The highest BCUT2D eigenvalue weighted by Crippen LogP contribution is 2.36. The monoisotopic (exact) mass is 508 g/mol. The van der Waals surface area contributed by atoms with Gasteiger partial charge in [0.2, 0.25) is 0 Å². The number of furan rings is 1. The molecule has 1 amide bonds. The van der Waals surface area contributed by atoms with E-state index in [1.807, 2.05) is 55.5 Å². The number of ether oxygens (including phenoxy) is 2. The topological polar surface area (TPSA) is 90.7 Å². The second-order valence-electron chi connectivity index (χ2n) is 9.82. The van der Waals surface area contributed by atoms with E-state index >= 15 is 0 Å². The van der Waals surface area contributed by atoms with E-state index in [-0.39, 0.29) is 0 Å². The third kappa shape index (κ3) is 4.14. The van der Waals surface area contributed by atoms with E-state index in [1.165, 1.54) is 0 Å². The van der Waals surface area contributed by atoms with Crippen LogP contribution in [0.1, 0.15) is 46.9 Å². The van der Waals surface area contributed by atoms with E-state index in [4.69, 9.17) is 18.9 Å². The summed E-state index contributed by atoms with van der Waals surface area (Å²) in [6, 6.07) is 17.2. The van der Waals surface area contributed by atoms with Gasteiger partial charge in [-0.2, -0.15) is 0 Å². The lowest BCUT2D eigenvalue weighted by Gasteiger charge is -2.21. The van der Waals surface area contributed by atoms with E-state index < -0.39 is 18.0 Å². The zero-order valence-corrected chi connectivity index (χ0v) is 21.6. The standard InChI is InChI=1S/C31H28N2O5/c1-17-12-13-24-22(14-17)29(20-9-4-6-10-23(20)32-24)31(35)37-18(2)30(34)33-25-16-27-21(15-28(25)36-3)19-8-5-7-11-26(19)38-27/h5,7-8,11-16,18H,4,6,9-10H2,1-3H3,(H,33,34)/t18-/m1/s1. The Morgan fingerprint density at radius 2 is 1.79 bits per heavy atom. The van der Waals surface area contributed by atoms with Gasteiger partial charge in [0, 0.05) is 27.9 Å². The Morgan fingerprint density at radius 3 is 2.63 bits per heavy atom. The molecule has 0 spiro atoms. The van der Waals surface area contributed by atoms with E-state index in [0.717, 1.165) is 69.8 Å². The molecule has 1 aliphatic rings. The molecule has 0 radical (unpaired) electrons. The minimum atomic E-state index is -1.04. The normalized spacial score (nSPS) is 13.9. The number of nitrogens with one attached hydrogen (secondary N) is 1. The summed E-state index contributed by atoms with van der Waals surface area (Å²) < 4.78 is 17.3. The molecule has 1 aliphatic carbocycles. The van der Waals surface area contributed by atoms with Crippen LogP contribution in [0, 0.1) is 6.92 Å². The number of fused-ring (bicyclic) bond motifs is 5. The van der Waals surface area contributed by atoms with Gasteiger partial charge in [0.25, 0.3) is 5.91 Å². The Labute approximate surface area is 219 Å². The number of nitrogens with zero attached hydrogens (tertiary/aromatic N) is 1. The summed E-state index contributed by atoms with van der Waals surface area (Å²) >= 11 is 0. The molecule has 2 heterocycles. The molecular weight excluding hydrogens is 480 g/mol. The van der Waals surface area contributed by atoms with Crippen LogP contribution in [-0.4, -0.2) is 30.1 Å². The maximum Gasteiger partial charge on any atom is 0.339 e. The van der Waals surface area contributed by atoms with E-state index in [1.54, 1.807) is 20.1 Å². The number of rotatable bonds is 5. The summed E-state index contributed by atoms with van der Waals surface area (Å²) in [7, 11) is 1.54. The summed E-state index contributed by atoms with van der Waals surface area (Å²) in [5.41, 5.74) is 6.01. The SMILES string of the molecule is COc1cc2c(cc1NC(=O)[C@@H](C)OC(=O)c1c3c(nc4ccc(C)cc14)CCCC3)oc1ccccc12. The summed E-state index contributed by atoms with van der Waals surface area (Å²) in [4.78, 5) is 31.5. The molecule has 38 heavy (non-hydrogen) atoms. The number of carbonyl (C=O) groups is 2. The third-order valence-electron chi connectivity index (χ3n) is 7.23. The predicted octanol–water partition coefficient (Wildman–Crippen LogP) is 6.51. The van der Waals surface area contributed by atoms with Gasteiger partial charge in [-0.15, -0.1) is 0 Å². The molecule has 0 aliphatic heterocycles. The third-order valence-corrected chi connectivity index (χ3v) is 7.23. The second-order valence-corrected chi connectivity index (χ2v) is 9.82. The Bertz CT molecular complexity index is 1740. The van der Waals surface area contributed by atoms with Gasteiger partial charge < -0.3 is 19.2 Å². The zero-order valence-electron chi connectivity index (χ0n) is 21.6. The number of para-hydroxylation sites is 1. The summed E-state index contributed by atoms with van der Waals surface area (Å²) in [6.07, 6.45) is 2.60. The van der Waals surface area contributed by atoms with Crippen molar-refractivity contribution in [3.05, 3.63) is 77.0 Å². The first-order valence-corrected chi connectivity index (χ1v) is 12.9. The van der Waals surface area contributed by atoms with Crippen molar-refractivity contribution in [1.82, 2.24) is 4.98 Å². The Hall–Kier alpha value is -4.39. The molecule has 0 unspecified atom stereocenters.